The van der Waals surface area contributed by atoms with Crippen LogP contribution in [0.4, 0.5) is 4.79 Å². The van der Waals surface area contributed by atoms with Crippen LogP contribution in [0.15, 0.2) is 54.1 Å². The molecule has 0 saturated heterocycles. The van der Waals surface area contributed by atoms with Crippen molar-refractivity contribution in [2.75, 3.05) is 6.61 Å². The van der Waals surface area contributed by atoms with Crippen LogP contribution in [0.5, 0.6) is 0 Å². The van der Waals surface area contributed by atoms with Crippen molar-refractivity contribution < 1.29 is 28.6 Å². The second kappa shape index (κ2) is 7.11. The largest absolute Gasteiger partial charge is 0.456 e. The van der Waals surface area contributed by atoms with Gasteiger partial charge in [0.15, 0.2) is 5.60 Å². The van der Waals surface area contributed by atoms with Gasteiger partial charge in [-0.25, -0.2) is 4.79 Å². The molecule has 1 atom stereocenters. The number of amides is 1. The van der Waals surface area contributed by atoms with Crippen LogP contribution in [0.3, 0.4) is 0 Å². The first kappa shape index (κ1) is 18.4. The Bertz CT molecular complexity index is 964. The van der Waals surface area contributed by atoms with Crippen LogP contribution in [0, 0.1) is 0 Å². The molecule has 0 radical (unpaired) electrons. The highest BCUT2D eigenvalue weighted by atomic mass is 16.6. The molecular formula is C20H19NO6. The van der Waals surface area contributed by atoms with E-state index in [9.17, 15) is 14.4 Å². The van der Waals surface area contributed by atoms with E-state index < -0.39 is 23.4 Å². The predicted octanol–water partition coefficient (Wildman–Crippen LogP) is 3.13. The Labute approximate surface area is 155 Å². The summed E-state index contributed by atoms with van der Waals surface area (Å²) in [5.41, 5.74) is -0.889. The van der Waals surface area contributed by atoms with E-state index in [2.05, 4.69) is 5.32 Å². The Morgan fingerprint density at radius 3 is 2.52 bits per heavy atom. The molecule has 140 valence electrons. The number of hydrogen-bond donors (Lipinski definition) is 1. The lowest BCUT2D eigenvalue weighted by atomic mass is 9.90. The highest BCUT2D eigenvalue weighted by molar-refractivity contribution is 6.05. The molecule has 0 fully saturated rings. The number of benzene rings is 2. The minimum atomic E-state index is -1.45. The highest BCUT2D eigenvalue weighted by Gasteiger charge is 2.50. The Morgan fingerprint density at radius 1 is 1.15 bits per heavy atom. The number of hydrogen-bond acceptors (Lipinski definition) is 6. The first-order valence-corrected chi connectivity index (χ1v) is 8.44. The SMILES string of the molecule is CCOC(=O)NC1=C(OC(C)=O)C(=O)C(C)(c2ccc3ccccc3c2)O1. The molecule has 27 heavy (non-hydrogen) atoms. The summed E-state index contributed by atoms with van der Waals surface area (Å²) in [4.78, 5) is 36.2. The van der Waals surface area contributed by atoms with Gasteiger partial charge in [0.25, 0.3) is 5.78 Å². The molecule has 2 aromatic rings. The third kappa shape index (κ3) is 3.48. The molecule has 1 unspecified atom stereocenters. The fourth-order valence-corrected chi connectivity index (χ4v) is 2.87. The van der Waals surface area contributed by atoms with E-state index in [1.807, 2.05) is 36.4 Å². The lowest BCUT2D eigenvalue weighted by molar-refractivity contribution is -0.142. The fraction of sp³-hybridized carbons (Fsp3) is 0.250. The number of fused-ring (bicyclic) bond motifs is 1. The van der Waals surface area contributed by atoms with Gasteiger partial charge >= 0.3 is 12.1 Å². The zero-order valence-corrected chi connectivity index (χ0v) is 15.2. The maximum atomic E-state index is 13.0. The Morgan fingerprint density at radius 2 is 1.85 bits per heavy atom. The van der Waals surface area contributed by atoms with Crippen LogP contribution >= 0.6 is 0 Å². The lowest BCUT2D eigenvalue weighted by Gasteiger charge is -2.24. The van der Waals surface area contributed by atoms with Gasteiger partial charge in [-0.3, -0.25) is 14.9 Å². The Balaban J connectivity index is 1.99. The minimum Gasteiger partial charge on any atom is -0.456 e. The fourth-order valence-electron chi connectivity index (χ4n) is 2.87. The molecule has 3 rings (SSSR count). The molecule has 2 aromatic carbocycles. The van der Waals surface area contributed by atoms with E-state index in [1.165, 1.54) is 0 Å². The smallest absolute Gasteiger partial charge is 0.414 e. The van der Waals surface area contributed by atoms with Gasteiger partial charge in [-0.05, 0) is 30.7 Å². The normalized spacial score (nSPS) is 19.0. The quantitative estimate of drug-likeness (QED) is 0.833. The van der Waals surface area contributed by atoms with Crippen molar-refractivity contribution in [2.45, 2.75) is 26.4 Å². The third-order valence-corrected chi connectivity index (χ3v) is 4.19. The number of esters is 1. The van der Waals surface area contributed by atoms with Gasteiger partial charge in [0.05, 0.1) is 6.61 Å². The number of ether oxygens (including phenoxy) is 3. The molecule has 1 aliphatic heterocycles. The number of nitrogens with one attached hydrogen (secondary N) is 1. The standard InChI is InChI=1S/C20H19NO6/c1-4-25-19(24)21-18-16(26-12(2)22)17(23)20(3,27-18)15-10-9-13-7-5-6-8-14(13)11-15/h5-11H,4H2,1-3H3,(H,21,24). The van der Waals surface area contributed by atoms with Crippen molar-refractivity contribution in [2.24, 2.45) is 0 Å². The average molecular weight is 369 g/mol. The molecule has 1 aliphatic rings. The van der Waals surface area contributed by atoms with Crippen molar-refractivity contribution in [1.29, 1.82) is 0 Å². The molecule has 0 bridgehead atoms. The predicted molar refractivity (Wildman–Crippen MR) is 96.3 cm³/mol. The van der Waals surface area contributed by atoms with Gasteiger partial charge in [-0.1, -0.05) is 36.4 Å². The summed E-state index contributed by atoms with van der Waals surface area (Å²) in [7, 11) is 0. The van der Waals surface area contributed by atoms with Gasteiger partial charge in [-0.15, -0.1) is 0 Å². The molecular weight excluding hydrogens is 350 g/mol. The number of carbonyl (C=O) groups is 3. The number of carbonyl (C=O) groups excluding carboxylic acids is 3. The van der Waals surface area contributed by atoms with E-state index in [4.69, 9.17) is 14.2 Å². The summed E-state index contributed by atoms with van der Waals surface area (Å²) in [6.45, 7) is 4.50. The molecule has 1 heterocycles. The second-order valence-electron chi connectivity index (χ2n) is 6.12. The van der Waals surface area contributed by atoms with Crippen LogP contribution in [-0.2, 0) is 29.4 Å². The van der Waals surface area contributed by atoms with E-state index in [1.54, 1.807) is 19.9 Å². The van der Waals surface area contributed by atoms with Gasteiger partial charge in [-0.2, -0.15) is 0 Å². The van der Waals surface area contributed by atoms with Crippen molar-refractivity contribution in [1.82, 2.24) is 5.32 Å². The first-order chi connectivity index (χ1) is 12.8. The summed E-state index contributed by atoms with van der Waals surface area (Å²) in [6, 6.07) is 13.1. The number of ketones is 1. The van der Waals surface area contributed by atoms with E-state index in [-0.39, 0.29) is 18.2 Å². The van der Waals surface area contributed by atoms with Gasteiger partial charge in [0.2, 0.25) is 11.6 Å². The van der Waals surface area contributed by atoms with E-state index >= 15 is 0 Å². The molecule has 1 amide bonds. The molecule has 0 aliphatic carbocycles. The summed E-state index contributed by atoms with van der Waals surface area (Å²) in [5.74, 6) is -1.87. The Kier molecular flexibility index (Phi) is 4.85. The molecule has 0 saturated carbocycles. The van der Waals surface area contributed by atoms with Gasteiger partial charge < -0.3 is 14.2 Å². The van der Waals surface area contributed by atoms with Gasteiger partial charge in [0, 0.05) is 12.5 Å². The molecule has 1 N–H and O–H groups in total. The minimum absolute atomic E-state index is 0.137. The van der Waals surface area contributed by atoms with Crippen LogP contribution in [-0.4, -0.2) is 24.5 Å². The van der Waals surface area contributed by atoms with Crippen LogP contribution in [0.25, 0.3) is 10.8 Å². The average Bonchev–Trinajstić information content (AvgIpc) is 2.86. The second-order valence-corrected chi connectivity index (χ2v) is 6.12. The zero-order chi connectivity index (χ0) is 19.6. The summed E-state index contributed by atoms with van der Waals surface area (Å²) in [6.07, 6.45) is -0.812. The van der Waals surface area contributed by atoms with Crippen LogP contribution < -0.4 is 5.32 Å². The van der Waals surface area contributed by atoms with Crippen LogP contribution in [0.1, 0.15) is 26.3 Å². The maximum absolute atomic E-state index is 13.0. The highest BCUT2D eigenvalue weighted by Crippen LogP contribution is 2.39. The van der Waals surface area contributed by atoms with Gasteiger partial charge in [0.1, 0.15) is 0 Å². The number of rotatable bonds is 4. The molecule has 7 heteroatoms. The van der Waals surface area contributed by atoms with Crippen molar-refractivity contribution in [3.8, 4) is 0 Å². The monoisotopic (exact) mass is 369 g/mol. The zero-order valence-electron chi connectivity index (χ0n) is 15.2. The van der Waals surface area contributed by atoms with E-state index in [0.29, 0.717) is 5.56 Å². The third-order valence-electron chi connectivity index (χ3n) is 4.19. The summed E-state index contributed by atoms with van der Waals surface area (Å²) >= 11 is 0. The van der Waals surface area contributed by atoms with E-state index in [0.717, 1.165) is 17.7 Å². The summed E-state index contributed by atoms with van der Waals surface area (Å²) in [5, 5.41) is 4.26. The maximum Gasteiger partial charge on any atom is 0.414 e. The topological polar surface area (TPSA) is 90.9 Å². The molecule has 0 spiro atoms. The molecule has 0 aromatic heterocycles. The Hall–Kier alpha value is -3.35. The van der Waals surface area contributed by atoms with Crippen molar-refractivity contribution in [3.05, 3.63) is 59.7 Å². The lowest BCUT2D eigenvalue weighted by Crippen LogP contribution is -2.32. The molecule has 7 nitrogen and oxygen atoms in total. The van der Waals surface area contributed by atoms with Crippen LogP contribution in [0.2, 0.25) is 0 Å². The number of Topliss-reactive ketones (excluding diaryl/α,β-unsaturated/α-hetero) is 1. The number of alkyl carbamates (subject to hydrolysis) is 1. The summed E-state index contributed by atoms with van der Waals surface area (Å²) < 4.78 is 15.6. The van der Waals surface area contributed by atoms with Crippen molar-refractivity contribution >= 4 is 28.6 Å². The first-order valence-electron chi connectivity index (χ1n) is 8.44. The van der Waals surface area contributed by atoms with Crippen molar-refractivity contribution in [3.63, 3.8) is 0 Å².